The molecule has 2 aliphatic heterocycles. The Morgan fingerprint density at radius 1 is 1.41 bits per heavy atom. The number of amidine groups is 1. The van der Waals surface area contributed by atoms with Crippen molar-refractivity contribution in [2.75, 3.05) is 0 Å². The van der Waals surface area contributed by atoms with E-state index < -0.39 is 24.2 Å². The number of rotatable bonds is 2. The van der Waals surface area contributed by atoms with Crippen LogP contribution in [-0.2, 0) is 4.79 Å². The summed E-state index contributed by atoms with van der Waals surface area (Å²) < 4.78 is 0. The van der Waals surface area contributed by atoms with Crippen LogP contribution in [0.2, 0.25) is 0 Å². The van der Waals surface area contributed by atoms with Crippen molar-refractivity contribution in [2.45, 2.75) is 25.2 Å². The van der Waals surface area contributed by atoms with Gasteiger partial charge in [0.15, 0.2) is 11.9 Å². The number of aliphatic hydroxyl groups is 2. The summed E-state index contributed by atoms with van der Waals surface area (Å²) in [6.45, 7) is 1.41. The molecular formula is C9H11N5O3. The molecule has 3 atom stereocenters. The SMILES string of the molecule is C[C@H](O)[C@H](O)C1=NC2C(=O)N=C(N)N=C2N=C1. The van der Waals surface area contributed by atoms with E-state index in [4.69, 9.17) is 5.73 Å². The molecule has 4 N–H and O–H groups in total. The lowest BCUT2D eigenvalue weighted by molar-refractivity contribution is -0.117. The van der Waals surface area contributed by atoms with E-state index in [0.717, 1.165) is 0 Å². The average molecular weight is 237 g/mol. The molecule has 0 aromatic heterocycles. The summed E-state index contributed by atoms with van der Waals surface area (Å²) in [7, 11) is 0. The van der Waals surface area contributed by atoms with Crippen molar-refractivity contribution in [2.24, 2.45) is 25.7 Å². The molecular weight excluding hydrogens is 226 g/mol. The van der Waals surface area contributed by atoms with E-state index in [2.05, 4.69) is 20.0 Å². The van der Waals surface area contributed by atoms with Crippen LogP contribution >= 0.6 is 0 Å². The Morgan fingerprint density at radius 2 is 2.12 bits per heavy atom. The maximum absolute atomic E-state index is 11.5. The van der Waals surface area contributed by atoms with E-state index in [0.29, 0.717) is 0 Å². The summed E-state index contributed by atoms with van der Waals surface area (Å²) in [6.07, 6.45) is -0.958. The van der Waals surface area contributed by atoms with Gasteiger partial charge in [-0.05, 0) is 6.92 Å². The molecule has 2 heterocycles. The molecule has 2 aliphatic rings. The number of nitrogens with two attached hydrogens (primary N) is 1. The molecule has 0 bridgehead atoms. The van der Waals surface area contributed by atoms with E-state index in [1.165, 1.54) is 13.1 Å². The van der Waals surface area contributed by atoms with Gasteiger partial charge in [0.1, 0.15) is 6.10 Å². The van der Waals surface area contributed by atoms with E-state index in [1.807, 2.05) is 0 Å². The smallest absolute Gasteiger partial charge is 0.281 e. The van der Waals surface area contributed by atoms with Crippen molar-refractivity contribution in [1.82, 2.24) is 0 Å². The van der Waals surface area contributed by atoms with E-state index in [9.17, 15) is 15.0 Å². The van der Waals surface area contributed by atoms with Crippen LogP contribution in [0.25, 0.3) is 0 Å². The van der Waals surface area contributed by atoms with Crippen LogP contribution in [0.15, 0.2) is 20.0 Å². The summed E-state index contributed by atoms with van der Waals surface area (Å²) in [5.41, 5.74) is 5.42. The first-order chi connectivity index (χ1) is 7.99. The monoisotopic (exact) mass is 237 g/mol. The Morgan fingerprint density at radius 3 is 2.76 bits per heavy atom. The Labute approximate surface area is 96.3 Å². The molecule has 0 aliphatic carbocycles. The van der Waals surface area contributed by atoms with Crippen LogP contribution in [0.3, 0.4) is 0 Å². The molecule has 0 saturated heterocycles. The molecule has 0 radical (unpaired) electrons. The van der Waals surface area contributed by atoms with Gasteiger partial charge in [-0.2, -0.15) is 9.98 Å². The highest BCUT2D eigenvalue weighted by molar-refractivity contribution is 6.38. The number of aliphatic imine (C=N–C) groups is 4. The minimum Gasteiger partial charge on any atom is -0.390 e. The Kier molecular flexibility index (Phi) is 2.82. The fraction of sp³-hybridized carbons (Fsp3) is 0.444. The van der Waals surface area contributed by atoms with Crippen molar-refractivity contribution in [1.29, 1.82) is 0 Å². The average Bonchev–Trinajstić information content (AvgIpc) is 2.27. The molecule has 1 unspecified atom stereocenters. The van der Waals surface area contributed by atoms with E-state index in [-0.39, 0.29) is 17.5 Å². The fourth-order valence-corrected chi connectivity index (χ4v) is 1.41. The van der Waals surface area contributed by atoms with Crippen LogP contribution < -0.4 is 5.73 Å². The van der Waals surface area contributed by atoms with E-state index in [1.54, 1.807) is 0 Å². The van der Waals surface area contributed by atoms with Gasteiger partial charge >= 0.3 is 0 Å². The second kappa shape index (κ2) is 4.15. The van der Waals surface area contributed by atoms with Gasteiger partial charge in [0.05, 0.1) is 18.0 Å². The summed E-state index contributed by atoms with van der Waals surface area (Å²) in [4.78, 5) is 26.6. The number of carbonyl (C=O) groups excluding carboxylic acids is 1. The highest BCUT2D eigenvalue weighted by Gasteiger charge is 2.32. The van der Waals surface area contributed by atoms with Gasteiger partial charge in [0.2, 0.25) is 5.96 Å². The van der Waals surface area contributed by atoms with Gasteiger partial charge < -0.3 is 15.9 Å². The third-order valence-electron chi connectivity index (χ3n) is 2.30. The zero-order chi connectivity index (χ0) is 12.6. The third kappa shape index (κ3) is 2.12. The number of hydrogen-bond donors (Lipinski definition) is 3. The Balaban J connectivity index is 2.30. The minimum atomic E-state index is -1.20. The van der Waals surface area contributed by atoms with Gasteiger partial charge in [0.25, 0.3) is 5.91 Å². The number of fused-ring (bicyclic) bond motifs is 1. The van der Waals surface area contributed by atoms with E-state index >= 15 is 0 Å². The predicted molar refractivity (Wildman–Crippen MR) is 61.5 cm³/mol. The number of nitrogens with zero attached hydrogens (tertiary/aromatic N) is 4. The largest absolute Gasteiger partial charge is 0.390 e. The quantitative estimate of drug-likeness (QED) is 0.506. The van der Waals surface area contributed by atoms with Crippen LogP contribution in [0.4, 0.5) is 0 Å². The maximum Gasteiger partial charge on any atom is 0.281 e. The molecule has 2 rings (SSSR count). The van der Waals surface area contributed by atoms with Crippen molar-refractivity contribution in [3.63, 3.8) is 0 Å². The molecule has 0 spiro atoms. The van der Waals surface area contributed by atoms with Gasteiger partial charge in [-0.1, -0.05) is 0 Å². The molecule has 17 heavy (non-hydrogen) atoms. The summed E-state index contributed by atoms with van der Waals surface area (Å²) in [5, 5.41) is 18.8. The predicted octanol–water partition coefficient (Wildman–Crippen LogP) is -2.12. The Hall–Kier alpha value is -1.93. The van der Waals surface area contributed by atoms with Crippen molar-refractivity contribution >= 4 is 29.6 Å². The molecule has 0 saturated carbocycles. The fourth-order valence-electron chi connectivity index (χ4n) is 1.41. The summed E-state index contributed by atoms with van der Waals surface area (Å²) in [6, 6.07) is -0.976. The Bertz CT molecular complexity index is 477. The normalized spacial score (nSPS) is 26.6. The van der Waals surface area contributed by atoms with Crippen molar-refractivity contribution in [3.05, 3.63) is 0 Å². The lowest BCUT2D eigenvalue weighted by atomic mass is 10.1. The lowest BCUT2D eigenvalue weighted by Crippen LogP contribution is -2.41. The molecule has 0 aromatic carbocycles. The van der Waals surface area contributed by atoms with Crippen LogP contribution in [-0.4, -0.2) is 58.1 Å². The number of amides is 1. The van der Waals surface area contributed by atoms with Gasteiger partial charge in [-0.15, -0.1) is 0 Å². The zero-order valence-electron chi connectivity index (χ0n) is 8.98. The highest BCUT2D eigenvalue weighted by Crippen LogP contribution is 2.11. The van der Waals surface area contributed by atoms with Crippen LogP contribution in [0.5, 0.6) is 0 Å². The molecule has 8 nitrogen and oxygen atoms in total. The third-order valence-corrected chi connectivity index (χ3v) is 2.30. The summed E-state index contributed by atoms with van der Waals surface area (Å²) >= 11 is 0. The lowest BCUT2D eigenvalue weighted by Gasteiger charge is -2.21. The first-order valence-electron chi connectivity index (χ1n) is 4.93. The first-order valence-corrected chi connectivity index (χ1v) is 4.93. The first kappa shape index (κ1) is 11.6. The minimum absolute atomic E-state index is 0.118. The van der Waals surface area contributed by atoms with Crippen LogP contribution in [0, 0.1) is 0 Å². The standard InChI is InChI=1S/C9H11N5O3/c1-3(15)6(16)4-2-11-7-5(12-4)8(17)14-9(10)13-7/h2-3,5-6,15-16H,1H3,(H2,10,14,17)/t3-,5?,6-/m0/s1. The van der Waals surface area contributed by atoms with Crippen molar-refractivity contribution < 1.29 is 15.0 Å². The highest BCUT2D eigenvalue weighted by atomic mass is 16.3. The molecule has 90 valence electrons. The number of aliphatic hydroxyl groups excluding tert-OH is 2. The topological polar surface area (TPSA) is 133 Å². The van der Waals surface area contributed by atoms with Crippen LogP contribution in [0.1, 0.15) is 6.92 Å². The van der Waals surface area contributed by atoms with Crippen molar-refractivity contribution in [3.8, 4) is 0 Å². The maximum atomic E-state index is 11.5. The molecule has 8 heteroatoms. The second-order valence-corrected chi connectivity index (χ2v) is 3.68. The second-order valence-electron chi connectivity index (χ2n) is 3.68. The number of carbonyl (C=O) groups is 1. The molecule has 0 fully saturated rings. The number of guanidine groups is 1. The molecule has 0 aromatic rings. The van der Waals surface area contributed by atoms with Gasteiger partial charge in [-0.3, -0.25) is 9.79 Å². The number of hydrogen-bond acceptors (Lipinski definition) is 7. The zero-order valence-corrected chi connectivity index (χ0v) is 8.98. The van der Waals surface area contributed by atoms with Gasteiger partial charge in [0, 0.05) is 0 Å². The van der Waals surface area contributed by atoms with Gasteiger partial charge in [-0.25, -0.2) is 4.99 Å². The summed E-state index contributed by atoms with van der Waals surface area (Å²) in [5.74, 6) is -0.600. The molecule has 1 amide bonds.